The van der Waals surface area contributed by atoms with Crippen LogP contribution in [0, 0.1) is 0 Å². The van der Waals surface area contributed by atoms with Crippen molar-refractivity contribution in [2.75, 3.05) is 13.2 Å². The zero-order valence-electron chi connectivity index (χ0n) is 6.44. The molecule has 0 rings (SSSR count). The van der Waals surface area contributed by atoms with Crippen LogP contribution in [-0.2, 0) is 4.74 Å². The summed E-state index contributed by atoms with van der Waals surface area (Å²) in [7, 11) is 0. The highest BCUT2D eigenvalue weighted by atomic mass is 16.5. The normalized spacial score (nSPS) is 15.5. The minimum atomic E-state index is -0.819. The molecule has 0 spiro atoms. The zero-order valence-corrected chi connectivity index (χ0v) is 6.44. The van der Waals surface area contributed by atoms with Crippen LogP contribution >= 0.6 is 0 Å². The molecule has 0 bridgehead atoms. The third-order valence-electron chi connectivity index (χ3n) is 1.23. The van der Waals surface area contributed by atoms with Crippen molar-refractivity contribution >= 4 is 0 Å². The molecule has 0 aliphatic heterocycles. The lowest BCUT2D eigenvalue weighted by Crippen LogP contribution is -2.30. The van der Waals surface area contributed by atoms with Gasteiger partial charge in [-0.15, -0.1) is 13.2 Å². The molecule has 0 heterocycles. The van der Waals surface area contributed by atoms with Crippen molar-refractivity contribution in [3.63, 3.8) is 0 Å². The van der Waals surface area contributed by atoms with Gasteiger partial charge in [0.05, 0.1) is 13.2 Å². The van der Waals surface area contributed by atoms with Crippen LogP contribution in [0.25, 0.3) is 0 Å². The largest absolute Gasteiger partial charge is 0.394 e. The minimum Gasteiger partial charge on any atom is -0.394 e. The van der Waals surface area contributed by atoms with Crippen molar-refractivity contribution in [3.8, 4) is 0 Å². The third-order valence-corrected chi connectivity index (χ3v) is 1.23. The Morgan fingerprint density at radius 2 is 2.09 bits per heavy atom. The molecule has 11 heavy (non-hydrogen) atoms. The standard InChI is InChI=1S/C8H14O3/c1-3-5-11-8(6-9)7(10)4-2/h3-4,7-10H,1-2,5-6H2. The molecule has 0 aromatic carbocycles. The first-order valence-corrected chi connectivity index (χ1v) is 3.40. The van der Waals surface area contributed by atoms with E-state index in [0.717, 1.165) is 0 Å². The van der Waals surface area contributed by atoms with Crippen molar-refractivity contribution in [2.45, 2.75) is 12.2 Å². The van der Waals surface area contributed by atoms with Gasteiger partial charge in [0.1, 0.15) is 12.2 Å². The third kappa shape index (κ3) is 3.93. The molecule has 3 heteroatoms. The molecule has 64 valence electrons. The van der Waals surface area contributed by atoms with Gasteiger partial charge in [-0.25, -0.2) is 0 Å². The Bertz CT molecular complexity index is 123. The second kappa shape index (κ2) is 6.09. The lowest BCUT2D eigenvalue weighted by molar-refractivity contribution is -0.0351. The quantitative estimate of drug-likeness (QED) is 0.539. The maximum absolute atomic E-state index is 9.11. The van der Waals surface area contributed by atoms with Crippen LogP contribution in [0.3, 0.4) is 0 Å². The van der Waals surface area contributed by atoms with Gasteiger partial charge in [0.25, 0.3) is 0 Å². The van der Waals surface area contributed by atoms with Gasteiger partial charge in [0.15, 0.2) is 0 Å². The summed E-state index contributed by atoms with van der Waals surface area (Å²) >= 11 is 0. The van der Waals surface area contributed by atoms with Gasteiger partial charge in [-0.2, -0.15) is 0 Å². The number of aliphatic hydroxyl groups is 2. The summed E-state index contributed by atoms with van der Waals surface area (Å²) in [4.78, 5) is 0. The fraction of sp³-hybridized carbons (Fsp3) is 0.500. The molecule has 0 aliphatic carbocycles. The van der Waals surface area contributed by atoms with E-state index >= 15 is 0 Å². The fourth-order valence-electron chi connectivity index (χ4n) is 0.603. The molecule has 3 nitrogen and oxygen atoms in total. The van der Waals surface area contributed by atoms with E-state index in [-0.39, 0.29) is 6.61 Å². The van der Waals surface area contributed by atoms with Crippen LogP contribution in [0.4, 0.5) is 0 Å². The molecule has 0 radical (unpaired) electrons. The Morgan fingerprint density at radius 3 is 2.45 bits per heavy atom. The molecule has 2 atom stereocenters. The highest BCUT2D eigenvalue weighted by Crippen LogP contribution is 1.99. The van der Waals surface area contributed by atoms with Crippen molar-refractivity contribution < 1.29 is 14.9 Å². The molecule has 0 aromatic rings. The van der Waals surface area contributed by atoms with Crippen molar-refractivity contribution in [2.24, 2.45) is 0 Å². The van der Waals surface area contributed by atoms with Crippen molar-refractivity contribution in [3.05, 3.63) is 25.3 Å². The Labute approximate surface area is 66.6 Å². The molecule has 0 aromatic heterocycles. The van der Waals surface area contributed by atoms with E-state index in [1.807, 2.05) is 0 Å². The summed E-state index contributed by atoms with van der Waals surface area (Å²) < 4.78 is 5.00. The van der Waals surface area contributed by atoms with Crippen molar-refractivity contribution in [1.29, 1.82) is 0 Å². The second-order valence-electron chi connectivity index (χ2n) is 2.07. The Balaban J connectivity index is 3.73. The Kier molecular flexibility index (Phi) is 5.74. The molecular formula is C8H14O3. The van der Waals surface area contributed by atoms with Gasteiger partial charge in [0, 0.05) is 0 Å². The highest BCUT2D eigenvalue weighted by molar-refractivity contribution is 4.85. The van der Waals surface area contributed by atoms with E-state index < -0.39 is 12.2 Å². The zero-order chi connectivity index (χ0) is 8.69. The van der Waals surface area contributed by atoms with E-state index in [9.17, 15) is 0 Å². The number of hydrogen-bond acceptors (Lipinski definition) is 3. The summed E-state index contributed by atoms with van der Waals surface area (Å²) in [5, 5.41) is 17.8. The first-order valence-electron chi connectivity index (χ1n) is 3.40. The summed E-state index contributed by atoms with van der Waals surface area (Å²) in [6.07, 6.45) is 1.47. The number of hydrogen-bond donors (Lipinski definition) is 2. The average Bonchev–Trinajstić information content (AvgIpc) is 2.05. The molecule has 0 saturated carbocycles. The molecule has 2 unspecified atom stereocenters. The summed E-state index contributed by atoms with van der Waals surface area (Å²) in [6, 6.07) is 0. The van der Waals surface area contributed by atoms with Gasteiger partial charge >= 0.3 is 0 Å². The monoisotopic (exact) mass is 158 g/mol. The lowest BCUT2D eigenvalue weighted by Gasteiger charge is -2.17. The lowest BCUT2D eigenvalue weighted by atomic mass is 10.2. The second-order valence-corrected chi connectivity index (χ2v) is 2.07. The van der Waals surface area contributed by atoms with Gasteiger partial charge in [-0.3, -0.25) is 0 Å². The molecule has 0 saturated heterocycles. The summed E-state index contributed by atoms with van der Waals surface area (Å²) in [6.45, 7) is 6.90. The summed E-state index contributed by atoms with van der Waals surface area (Å²) in [5.41, 5.74) is 0. The van der Waals surface area contributed by atoms with E-state index in [1.165, 1.54) is 6.08 Å². The minimum absolute atomic E-state index is 0.221. The van der Waals surface area contributed by atoms with E-state index in [4.69, 9.17) is 14.9 Å². The smallest absolute Gasteiger partial charge is 0.110 e. The summed E-state index contributed by atoms with van der Waals surface area (Å²) in [5.74, 6) is 0. The van der Waals surface area contributed by atoms with Gasteiger partial charge < -0.3 is 14.9 Å². The van der Waals surface area contributed by atoms with Gasteiger partial charge in [0.2, 0.25) is 0 Å². The van der Waals surface area contributed by atoms with Crippen LogP contribution in [-0.4, -0.2) is 35.6 Å². The highest BCUT2D eigenvalue weighted by Gasteiger charge is 2.14. The first-order chi connectivity index (χ1) is 5.26. The molecule has 0 fully saturated rings. The Hall–Kier alpha value is -0.640. The molecule has 0 amide bonds. The maximum Gasteiger partial charge on any atom is 0.110 e. The Morgan fingerprint density at radius 1 is 1.45 bits per heavy atom. The number of rotatable bonds is 6. The van der Waals surface area contributed by atoms with E-state index in [1.54, 1.807) is 6.08 Å². The molecule has 0 aliphatic rings. The average molecular weight is 158 g/mol. The SMILES string of the molecule is C=CCOC(CO)C(O)C=C. The number of ether oxygens (including phenoxy) is 1. The first kappa shape index (κ1) is 10.4. The topological polar surface area (TPSA) is 49.7 Å². The van der Waals surface area contributed by atoms with Crippen LogP contribution in [0.5, 0.6) is 0 Å². The van der Waals surface area contributed by atoms with Crippen LogP contribution in [0.2, 0.25) is 0 Å². The maximum atomic E-state index is 9.11. The molecular weight excluding hydrogens is 144 g/mol. The predicted molar refractivity (Wildman–Crippen MR) is 43.2 cm³/mol. The van der Waals surface area contributed by atoms with Crippen LogP contribution in [0.15, 0.2) is 25.3 Å². The van der Waals surface area contributed by atoms with E-state index in [2.05, 4.69) is 13.2 Å². The number of aliphatic hydroxyl groups excluding tert-OH is 2. The van der Waals surface area contributed by atoms with Gasteiger partial charge in [-0.05, 0) is 0 Å². The van der Waals surface area contributed by atoms with Gasteiger partial charge in [-0.1, -0.05) is 12.2 Å². The fourth-order valence-corrected chi connectivity index (χ4v) is 0.603. The van der Waals surface area contributed by atoms with Crippen LogP contribution in [0.1, 0.15) is 0 Å². The molecule has 2 N–H and O–H groups in total. The van der Waals surface area contributed by atoms with Crippen molar-refractivity contribution in [1.82, 2.24) is 0 Å². The predicted octanol–water partition coefficient (Wildman–Crippen LogP) is 0.0968. The van der Waals surface area contributed by atoms with Crippen LogP contribution < -0.4 is 0 Å². The van der Waals surface area contributed by atoms with E-state index in [0.29, 0.717) is 6.61 Å².